The van der Waals surface area contributed by atoms with Gasteiger partial charge in [0.2, 0.25) is 5.91 Å². The van der Waals surface area contributed by atoms with Crippen LogP contribution in [0.5, 0.6) is 5.75 Å². The maximum Gasteiger partial charge on any atom is 0.229 e. The second-order valence-electron chi connectivity index (χ2n) is 7.91. The van der Waals surface area contributed by atoms with Crippen molar-refractivity contribution in [2.24, 2.45) is 11.8 Å². The number of likely N-dealkylation sites (tertiary alicyclic amines) is 1. The third kappa shape index (κ3) is 5.83. The van der Waals surface area contributed by atoms with Crippen LogP contribution in [0.4, 0.5) is 5.69 Å². The highest BCUT2D eigenvalue weighted by molar-refractivity contribution is 5.92. The molecule has 1 aliphatic rings. The van der Waals surface area contributed by atoms with Crippen molar-refractivity contribution in [3.63, 3.8) is 0 Å². The molecule has 6 nitrogen and oxygen atoms in total. The van der Waals surface area contributed by atoms with E-state index in [1.165, 1.54) is 25.9 Å². The second kappa shape index (κ2) is 9.73. The average molecular weight is 385 g/mol. The van der Waals surface area contributed by atoms with Gasteiger partial charge in [0.1, 0.15) is 18.2 Å². The number of imidazole rings is 1. The predicted molar refractivity (Wildman–Crippen MR) is 112 cm³/mol. The van der Waals surface area contributed by atoms with Crippen LogP contribution in [0.25, 0.3) is 0 Å². The Kier molecular flexibility index (Phi) is 7.09. The largest absolute Gasteiger partial charge is 0.492 e. The lowest BCUT2D eigenvalue weighted by Gasteiger charge is -2.29. The summed E-state index contributed by atoms with van der Waals surface area (Å²) in [5.74, 6) is 2.47. The van der Waals surface area contributed by atoms with Gasteiger partial charge in [-0.1, -0.05) is 13.8 Å². The number of ether oxygens (including phenoxy) is 1. The second-order valence-corrected chi connectivity index (χ2v) is 7.91. The number of hydrogen-bond donors (Lipinski definition) is 1. The molecule has 0 radical (unpaired) electrons. The summed E-state index contributed by atoms with van der Waals surface area (Å²) in [6.45, 7) is 10.8. The van der Waals surface area contributed by atoms with Gasteiger partial charge in [-0.15, -0.1) is 0 Å². The number of carbonyl (C=O) groups is 1. The van der Waals surface area contributed by atoms with Crippen molar-refractivity contribution >= 4 is 11.6 Å². The lowest BCUT2D eigenvalue weighted by molar-refractivity contribution is -0.119. The highest BCUT2D eigenvalue weighted by Crippen LogP contribution is 2.18. The van der Waals surface area contributed by atoms with Crippen molar-refractivity contribution in [1.82, 2.24) is 14.5 Å². The number of amides is 1. The number of benzene rings is 1. The van der Waals surface area contributed by atoms with E-state index >= 15 is 0 Å². The first kappa shape index (κ1) is 20.4. The normalized spacial score (nSPS) is 16.7. The Hall–Kier alpha value is -2.34. The van der Waals surface area contributed by atoms with Crippen molar-refractivity contribution in [2.45, 2.75) is 40.2 Å². The number of nitrogens with one attached hydrogen (secondary N) is 1. The Morgan fingerprint density at radius 3 is 2.64 bits per heavy atom. The minimum atomic E-state index is -0.143. The van der Waals surface area contributed by atoms with E-state index in [1.54, 1.807) is 6.20 Å². The van der Waals surface area contributed by atoms with Crippen LogP contribution < -0.4 is 10.1 Å². The van der Waals surface area contributed by atoms with E-state index in [4.69, 9.17) is 4.74 Å². The summed E-state index contributed by atoms with van der Waals surface area (Å²) in [6.07, 6.45) is 6.22. The Morgan fingerprint density at radius 2 is 2.00 bits per heavy atom. The summed E-state index contributed by atoms with van der Waals surface area (Å²) in [5, 5.41) is 2.98. The quantitative estimate of drug-likeness (QED) is 0.756. The van der Waals surface area contributed by atoms with Crippen LogP contribution >= 0.6 is 0 Å². The fourth-order valence-electron chi connectivity index (χ4n) is 3.45. The molecule has 1 N–H and O–H groups in total. The monoisotopic (exact) mass is 384 g/mol. The van der Waals surface area contributed by atoms with Crippen LogP contribution in [0.2, 0.25) is 0 Å². The number of piperidine rings is 1. The lowest BCUT2D eigenvalue weighted by Crippen LogP contribution is -2.35. The average Bonchev–Trinajstić information content (AvgIpc) is 3.09. The number of carbonyl (C=O) groups excluding carboxylic acids is 1. The molecule has 2 heterocycles. The number of nitrogens with zero attached hydrogens (tertiary/aromatic N) is 3. The third-order valence-electron chi connectivity index (χ3n) is 5.52. The number of anilines is 1. The summed E-state index contributed by atoms with van der Waals surface area (Å²) < 4.78 is 7.85. The summed E-state index contributed by atoms with van der Waals surface area (Å²) in [4.78, 5) is 19.1. The van der Waals surface area contributed by atoms with Gasteiger partial charge in [0.05, 0.1) is 5.92 Å². The van der Waals surface area contributed by atoms with Crippen molar-refractivity contribution in [2.75, 3.05) is 31.6 Å². The SMILES string of the molecule is Cc1nccn1CC(C)C(=O)Nc1ccc(OCCN2CCC(C)CC2)cc1. The molecule has 1 saturated heterocycles. The van der Waals surface area contributed by atoms with Crippen LogP contribution in [-0.4, -0.2) is 46.6 Å². The van der Waals surface area contributed by atoms with Gasteiger partial charge in [0.15, 0.2) is 0 Å². The lowest BCUT2D eigenvalue weighted by atomic mass is 9.99. The van der Waals surface area contributed by atoms with Gasteiger partial charge in [0.25, 0.3) is 0 Å². The first-order chi connectivity index (χ1) is 13.5. The summed E-state index contributed by atoms with van der Waals surface area (Å²) >= 11 is 0. The minimum absolute atomic E-state index is 0.00101. The van der Waals surface area contributed by atoms with E-state index in [1.807, 2.05) is 48.9 Å². The van der Waals surface area contributed by atoms with Crippen molar-refractivity contribution < 1.29 is 9.53 Å². The molecule has 0 bridgehead atoms. The molecule has 1 aromatic carbocycles. The van der Waals surface area contributed by atoms with Crippen LogP contribution in [-0.2, 0) is 11.3 Å². The number of aromatic nitrogens is 2. The first-order valence-corrected chi connectivity index (χ1v) is 10.2. The molecule has 0 saturated carbocycles. The molecule has 152 valence electrons. The van der Waals surface area contributed by atoms with E-state index in [0.29, 0.717) is 13.2 Å². The smallest absolute Gasteiger partial charge is 0.229 e. The fourth-order valence-corrected chi connectivity index (χ4v) is 3.45. The molecule has 3 rings (SSSR count). The van der Waals surface area contributed by atoms with Gasteiger partial charge >= 0.3 is 0 Å². The maximum atomic E-state index is 12.4. The predicted octanol–water partition coefficient (Wildman–Crippen LogP) is 3.58. The zero-order valence-electron chi connectivity index (χ0n) is 17.2. The topological polar surface area (TPSA) is 59.4 Å². The van der Waals surface area contributed by atoms with Crippen LogP contribution in [0.1, 0.15) is 32.5 Å². The molecular weight excluding hydrogens is 352 g/mol. The molecule has 0 aliphatic carbocycles. The van der Waals surface area contributed by atoms with Gasteiger partial charge in [-0.05, 0) is 63.0 Å². The molecular formula is C22H32N4O2. The zero-order chi connectivity index (χ0) is 19.9. The van der Waals surface area contributed by atoms with Gasteiger partial charge < -0.3 is 14.6 Å². The summed E-state index contributed by atoms with van der Waals surface area (Å²) in [7, 11) is 0. The van der Waals surface area contributed by atoms with Crippen LogP contribution in [0.15, 0.2) is 36.7 Å². The molecule has 1 unspecified atom stereocenters. The van der Waals surface area contributed by atoms with Crippen molar-refractivity contribution in [3.05, 3.63) is 42.5 Å². The Bertz CT molecular complexity index is 748. The minimum Gasteiger partial charge on any atom is -0.492 e. The third-order valence-corrected chi connectivity index (χ3v) is 5.52. The standard InChI is InChI=1S/C22H32N4O2/c1-17-8-11-25(12-9-17)14-15-28-21-6-4-20(5-7-21)24-22(27)18(2)16-26-13-10-23-19(26)3/h4-7,10,13,17-18H,8-9,11-12,14-16H2,1-3H3,(H,24,27). The molecule has 1 fully saturated rings. The van der Waals surface area contributed by atoms with Gasteiger partial charge in [-0.25, -0.2) is 4.98 Å². The van der Waals surface area contributed by atoms with E-state index < -0.39 is 0 Å². The highest BCUT2D eigenvalue weighted by atomic mass is 16.5. The Labute approximate surface area is 167 Å². The van der Waals surface area contributed by atoms with E-state index in [-0.39, 0.29) is 11.8 Å². The molecule has 1 atom stereocenters. The van der Waals surface area contributed by atoms with Crippen LogP contribution in [0, 0.1) is 18.8 Å². The molecule has 6 heteroatoms. The summed E-state index contributed by atoms with van der Waals surface area (Å²) in [6, 6.07) is 7.62. The molecule has 28 heavy (non-hydrogen) atoms. The molecule has 1 aromatic heterocycles. The Balaban J connectivity index is 1.41. The number of hydrogen-bond acceptors (Lipinski definition) is 4. The van der Waals surface area contributed by atoms with Crippen LogP contribution in [0.3, 0.4) is 0 Å². The number of rotatable bonds is 8. The summed E-state index contributed by atoms with van der Waals surface area (Å²) in [5.41, 5.74) is 0.788. The van der Waals surface area contributed by atoms with Gasteiger partial charge in [0, 0.05) is 31.2 Å². The fraction of sp³-hybridized carbons (Fsp3) is 0.545. The van der Waals surface area contributed by atoms with E-state index in [2.05, 4.69) is 22.1 Å². The molecule has 0 spiro atoms. The van der Waals surface area contributed by atoms with Gasteiger partial charge in [-0.3, -0.25) is 9.69 Å². The Morgan fingerprint density at radius 1 is 1.29 bits per heavy atom. The molecule has 1 amide bonds. The molecule has 2 aromatic rings. The first-order valence-electron chi connectivity index (χ1n) is 10.2. The van der Waals surface area contributed by atoms with E-state index in [9.17, 15) is 4.79 Å². The van der Waals surface area contributed by atoms with Crippen molar-refractivity contribution in [1.29, 1.82) is 0 Å². The van der Waals surface area contributed by atoms with Crippen molar-refractivity contribution in [3.8, 4) is 5.75 Å². The molecule has 1 aliphatic heterocycles. The maximum absolute atomic E-state index is 12.4. The zero-order valence-corrected chi connectivity index (χ0v) is 17.2. The van der Waals surface area contributed by atoms with E-state index in [0.717, 1.165) is 29.7 Å². The number of aryl methyl sites for hydroxylation is 1. The van der Waals surface area contributed by atoms with Gasteiger partial charge in [-0.2, -0.15) is 0 Å². The highest BCUT2D eigenvalue weighted by Gasteiger charge is 2.16.